The molecule has 7 nitrogen and oxygen atoms in total. The lowest BCUT2D eigenvalue weighted by Crippen LogP contribution is -2.00. The highest BCUT2D eigenvalue weighted by Crippen LogP contribution is 2.29. The summed E-state index contributed by atoms with van der Waals surface area (Å²) in [5, 5.41) is 18.7. The molecule has 0 fully saturated rings. The first-order valence-corrected chi connectivity index (χ1v) is 4.85. The molecule has 0 saturated carbocycles. The number of nitro benzene ring substituents is 1. The van der Waals surface area contributed by atoms with Crippen molar-refractivity contribution in [2.75, 3.05) is 0 Å². The lowest BCUT2D eigenvalue weighted by Gasteiger charge is -1.90. The third-order valence-corrected chi connectivity index (χ3v) is 2.85. The molecular formula is C8H4N2O5S. The summed E-state index contributed by atoms with van der Waals surface area (Å²) in [7, 11) is 0. The molecule has 0 aliphatic rings. The van der Waals surface area contributed by atoms with Gasteiger partial charge in [-0.2, -0.15) is 5.26 Å². The van der Waals surface area contributed by atoms with Crippen molar-refractivity contribution in [3.63, 3.8) is 0 Å². The molecule has 16 heavy (non-hydrogen) atoms. The van der Waals surface area contributed by atoms with Crippen molar-refractivity contribution in [3.8, 4) is 0 Å². The highest BCUT2D eigenvalue weighted by Gasteiger charge is 2.19. The van der Waals surface area contributed by atoms with Crippen molar-refractivity contribution in [1.29, 1.82) is 0 Å². The zero-order chi connectivity index (χ0) is 11.7. The Morgan fingerprint density at radius 3 is 2.94 bits per heavy atom. The van der Waals surface area contributed by atoms with E-state index in [4.69, 9.17) is 5.26 Å². The topological polar surface area (TPSA) is 103 Å². The minimum Gasteiger partial charge on any atom is -0.293 e. The number of rotatable bonds is 2. The Hall–Kier alpha value is -2.06. The molecule has 1 aromatic carbocycles. The molecule has 1 heterocycles. The van der Waals surface area contributed by atoms with Crippen LogP contribution in [0, 0.1) is 10.1 Å². The minimum atomic E-state index is -1.03. The molecule has 82 valence electrons. The summed E-state index contributed by atoms with van der Waals surface area (Å²) in [6.07, 6.45) is 0. The van der Waals surface area contributed by atoms with Gasteiger partial charge in [-0.3, -0.25) is 15.0 Å². The molecule has 2 aromatic rings. The van der Waals surface area contributed by atoms with E-state index in [0.29, 0.717) is 4.70 Å². The summed E-state index contributed by atoms with van der Waals surface area (Å²) in [4.78, 5) is 28.3. The van der Waals surface area contributed by atoms with Crippen molar-refractivity contribution in [2.45, 2.75) is 0 Å². The molecule has 0 bridgehead atoms. The van der Waals surface area contributed by atoms with Gasteiger partial charge in [0.15, 0.2) is 5.52 Å². The zero-order valence-corrected chi connectivity index (χ0v) is 8.43. The summed E-state index contributed by atoms with van der Waals surface area (Å²) in [5.74, 6) is -1.03. The number of hydrogen-bond donors (Lipinski definition) is 1. The molecule has 1 aromatic heterocycles. The molecule has 0 atom stereocenters. The van der Waals surface area contributed by atoms with Crippen LogP contribution in [0.1, 0.15) is 9.80 Å². The molecule has 0 radical (unpaired) electrons. The zero-order valence-electron chi connectivity index (χ0n) is 7.61. The smallest absolute Gasteiger partial charge is 0.293 e. The maximum atomic E-state index is 11.0. The average Bonchev–Trinajstić information content (AvgIpc) is 2.70. The molecule has 2 rings (SSSR count). The van der Waals surface area contributed by atoms with Crippen molar-refractivity contribution < 1.29 is 19.9 Å². The second-order valence-corrected chi connectivity index (χ2v) is 3.81. The molecule has 8 heteroatoms. The van der Waals surface area contributed by atoms with E-state index >= 15 is 0 Å². The number of hydrogen-bond acceptors (Lipinski definition) is 7. The third kappa shape index (κ3) is 1.59. The average molecular weight is 240 g/mol. The molecule has 0 saturated heterocycles. The summed E-state index contributed by atoms with van der Waals surface area (Å²) >= 11 is 0.911. The van der Waals surface area contributed by atoms with Crippen molar-refractivity contribution in [2.24, 2.45) is 0 Å². The Labute approximate surface area is 92.0 Å². The van der Waals surface area contributed by atoms with Crippen LogP contribution in [0.4, 0.5) is 5.69 Å². The van der Waals surface area contributed by atoms with Gasteiger partial charge in [-0.25, -0.2) is 9.78 Å². The second-order valence-electron chi connectivity index (χ2n) is 2.78. The first kappa shape index (κ1) is 10.5. The maximum absolute atomic E-state index is 11.0. The predicted octanol–water partition coefficient (Wildman–Crippen LogP) is 1.83. The highest BCUT2D eigenvalue weighted by molar-refractivity contribution is 7.20. The van der Waals surface area contributed by atoms with E-state index < -0.39 is 10.9 Å². The normalized spacial score (nSPS) is 10.3. The quantitative estimate of drug-likeness (QED) is 0.488. The number of carbonyl (C=O) groups excluding carboxylic acids is 1. The van der Waals surface area contributed by atoms with Crippen LogP contribution < -0.4 is 0 Å². The number of fused-ring (bicyclic) bond motifs is 1. The first-order chi connectivity index (χ1) is 7.63. The van der Waals surface area contributed by atoms with Crippen molar-refractivity contribution in [1.82, 2.24) is 4.98 Å². The Kier molecular flexibility index (Phi) is 2.50. The standard InChI is InChI=1S/C8H4N2O5S/c11-8(15-14)7-9-6-4(10(12)13)2-1-3-5(6)16-7/h1-3,14H. The summed E-state index contributed by atoms with van der Waals surface area (Å²) in [6, 6.07) is 4.37. The van der Waals surface area contributed by atoms with E-state index in [-0.39, 0.29) is 16.2 Å². The number of para-hydroxylation sites is 1. The van der Waals surface area contributed by atoms with E-state index in [0.717, 1.165) is 11.3 Å². The van der Waals surface area contributed by atoms with Gasteiger partial charge in [-0.05, 0) is 6.07 Å². The van der Waals surface area contributed by atoms with Gasteiger partial charge in [0, 0.05) is 6.07 Å². The van der Waals surface area contributed by atoms with Crippen molar-refractivity contribution >= 4 is 33.2 Å². The number of aromatic nitrogens is 1. The van der Waals surface area contributed by atoms with Gasteiger partial charge in [0.2, 0.25) is 5.01 Å². The molecule has 0 spiro atoms. The predicted molar refractivity (Wildman–Crippen MR) is 54.3 cm³/mol. The Bertz CT molecular complexity index is 579. The molecule has 0 amide bonds. The molecule has 0 aliphatic carbocycles. The van der Waals surface area contributed by atoms with Crippen LogP contribution in [0.15, 0.2) is 18.2 Å². The number of non-ortho nitro benzene ring substituents is 1. The fourth-order valence-corrected chi connectivity index (χ4v) is 2.07. The van der Waals surface area contributed by atoms with Gasteiger partial charge in [0.25, 0.3) is 5.69 Å². The monoisotopic (exact) mass is 240 g/mol. The van der Waals surface area contributed by atoms with Gasteiger partial charge < -0.3 is 0 Å². The second kappa shape index (κ2) is 3.83. The van der Waals surface area contributed by atoms with Crippen LogP contribution in [0.3, 0.4) is 0 Å². The van der Waals surface area contributed by atoms with Gasteiger partial charge in [0.05, 0.1) is 9.62 Å². The molecule has 1 N–H and O–H groups in total. The minimum absolute atomic E-state index is 0.109. The maximum Gasteiger partial charge on any atom is 0.401 e. The highest BCUT2D eigenvalue weighted by atomic mass is 32.1. The van der Waals surface area contributed by atoms with Crippen LogP contribution >= 0.6 is 11.3 Å². The fraction of sp³-hybridized carbons (Fsp3) is 0. The van der Waals surface area contributed by atoms with Gasteiger partial charge >= 0.3 is 5.97 Å². The Balaban J connectivity index is 2.65. The van der Waals surface area contributed by atoms with Crippen LogP contribution in [0.25, 0.3) is 10.2 Å². The number of thiazole rings is 1. The van der Waals surface area contributed by atoms with E-state index in [9.17, 15) is 14.9 Å². The number of nitro groups is 1. The van der Waals surface area contributed by atoms with Crippen LogP contribution in [-0.2, 0) is 4.89 Å². The van der Waals surface area contributed by atoms with Gasteiger partial charge in [0.1, 0.15) is 0 Å². The van der Waals surface area contributed by atoms with E-state index in [1.165, 1.54) is 12.1 Å². The van der Waals surface area contributed by atoms with E-state index in [1.807, 2.05) is 0 Å². The molecule has 0 aliphatic heterocycles. The van der Waals surface area contributed by atoms with Crippen LogP contribution in [0.2, 0.25) is 0 Å². The summed E-state index contributed by atoms with van der Waals surface area (Å²) in [5.41, 5.74) is -0.0800. The fourth-order valence-electron chi connectivity index (χ4n) is 1.21. The Morgan fingerprint density at radius 1 is 1.56 bits per heavy atom. The number of nitrogens with zero attached hydrogens (tertiary/aromatic N) is 2. The van der Waals surface area contributed by atoms with Crippen molar-refractivity contribution in [3.05, 3.63) is 33.3 Å². The number of carbonyl (C=O) groups is 1. The molecule has 0 unspecified atom stereocenters. The van der Waals surface area contributed by atoms with Crippen LogP contribution in [0.5, 0.6) is 0 Å². The van der Waals surface area contributed by atoms with Crippen LogP contribution in [-0.4, -0.2) is 21.1 Å². The summed E-state index contributed by atoms with van der Waals surface area (Å²) < 4.78 is 0.481. The lowest BCUT2D eigenvalue weighted by molar-refractivity contribution is -0.383. The van der Waals surface area contributed by atoms with Gasteiger partial charge in [-0.1, -0.05) is 6.07 Å². The summed E-state index contributed by atoms with van der Waals surface area (Å²) in [6.45, 7) is 0. The molecular weight excluding hydrogens is 236 g/mol. The third-order valence-electron chi connectivity index (χ3n) is 1.85. The SMILES string of the molecule is O=C(OO)c1nc2c([N+](=O)[O-])cccc2s1. The lowest BCUT2D eigenvalue weighted by atomic mass is 10.3. The number of benzene rings is 1. The van der Waals surface area contributed by atoms with Gasteiger partial charge in [-0.15, -0.1) is 11.3 Å². The van der Waals surface area contributed by atoms with E-state index in [1.54, 1.807) is 6.07 Å². The van der Waals surface area contributed by atoms with E-state index in [2.05, 4.69) is 9.87 Å². The first-order valence-electron chi connectivity index (χ1n) is 4.03. The Morgan fingerprint density at radius 2 is 2.31 bits per heavy atom. The largest absolute Gasteiger partial charge is 0.401 e.